The van der Waals surface area contributed by atoms with Crippen molar-refractivity contribution < 1.29 is 33.3 Å². The van der Waals surface area contributed by atoms with E-state index in [-0.39, 0.29) is 28.1 Å². The summed E-state index contributed by atoms with van der Waals surface area (Å²) in [6.45, 7) is 1.03. The Morgan fingerprint density at radius 2 is 1.88 bits per heavy atom. The lowest BCUT2D eigenvalue weighted by atomic mass is 10.2. The maximum atomic E-state index is 12.9. The number of hydrogen-bond donors (Lipinski definition) is 4. The van der Waals surface area contributed by atoms with E-state index in [4.69, 9.17) is 9.84 Å². The third kappa shape index (κ3) is 4.37. The quantitative estimate of drug-likeness (QED) is 0.385. The number of benzene rings is 2. The van der Waals surface area contributed by atoms with Crippen molar-refractivity contribution >= 4 is 21.7 Å². The average molecular weight is 475 g/mol. The van der Waals surface area contributed by atoms with Crippen LogP contribution in [0.4, 0.5) is 5.69 Å². The van der Waals surface area contributed by atoms with E-state index < -0.39 is 40.0 Å². The van der Waals surface area contributed by atoms with Crippen molar-refractivity contribution in [2.45, 2.75) is 30.7 Å². The number of imidazole rings is 1. The Kier molecular flexibility index (Phi) is 5.54. The lowest BCUT2D eigenvalue weighted by Crippen LogP contribution is -2.22. The first kappa shape index (κ1) is 22.3. The molecule has 0 spiro atoms. The fourth-order valence-electron chi connectivity index (χ4n) is 3.40. The molecule has 4 N–H and O–H groups in total. The van der Waals surface area contributed by atoms with Crippen LogP contribution in [0.2, 0.25) is 0 Å². The molecular formula is C21H21N3O8S. The first-order valence-corrected chi connectivity index (χ1v) is 11.4. The highest BCUT2D eigenvalue weighted by molar-refractivity contribution is 7.92. The highest BCUT2D eigenvalue weighted by atomic mass is 32.2. The Bertz CT molecular complexity index is 1400. The van der Waals surface area contributed by atoms with Crippen LogP contribution in [-0.4, -0.2) is 45.4 Å². The van der Waals surface area contributed by atoms with Gasteiger partial charge in [0.2, 0.25) is 0 Å². The van der Waals surface area contributed by atoms with Gasteiger partial charge in [-0.3, -0.25) is 9.29 Å². The van der Waals surface area contributed by atoms with Crippen LogP contribution in [0.15, 0.2) is 52.2 Å². The smallest absolute Gasteiger partial charge is 0.341 e. The lowest BCUT2D eigenvalue weighted by molar-refractivity contribution is -0.139. The van der Waals surface area contributed by atoms with Crippen molar-refractivity contribution in [3.05, 3.63) is 58.5 Å². The van der Waals surface area contributed by atoms with E-state index in [9.17, 15) is 28.2 Å². The van der Waals surface area contributed by atoms with Gasteiger partial charge in [0.15, 0.2) is 6.61 Å². The van der Waals surface area contributed by atoms with Crippen molar-refractivity contribution in [1.29, 1.82) is 0 Å². The third-order valence-corrected chi connectivity index (χ3v) is 6.49. The van der Waals surface area contributed by atoms with Gasteiger partial charge in [0.1, 0.15) is 5.75 Å². The number of nitrogens with one attached hydrogen (secondary N) is 1. The second-order valence-corrected chi connectivity index (χ2v) is 9.31. The minimum atomic E-state index is -4.04. The molecule has 0 bridgehead atoms. The molecule has 33 heavy (non-hydrogen) atoms. The molecule has 1 saturated carbocycles. The van der Waals surface area contributed by atoms with Crippen LogP contribution in [0.1, 0.15) is 24.4 Å². The van der Waals surface area contributed by atoms with Crippen molar-refractivity contribution in [2.24, 2.45) is 0 Å². The number of aromatic hydroxyl groups is 2. The van der Waals surface area contributed by atoms with Crippen LogP contribution in [0.25, 0.3) is 5.69 Å². The van der Waals surface area contributed by atoms with Crippen LogP contribution in [-0.2, 0) is 14.8 Å². The summed E-state index contributed by atoms with van der Waals surface area (Å²) in [6.07, 6.45) is 1.44. The average Bonchev–Trinajstić information content (AvgIpc) is 3.54. The van der Waals surface area contributed by atoms with Gasteiger partial charge < -0.3 is 20.1 Å². The molecule has 1 heterocycles. The summed E-state index contributed by atoms with van der Waals surface area (Å²) in [5.74, 6) is -2.07. The van der Waals surface area contributed by atoms with E-state index in [1.807, 2.05) is 0 Å². The van der Waals surface area contributed by atoms with Crippen LogP contribution in [0.5, 0.6) is 17.5 Å². The van der Waals surface area contributed by atoms with Gasteiger partial charge in [0, 0.05) is 6.04 Å². The van der Waals surface area contributed by atoms with Crippen molar-refractivity contribution in [1.82, 2.24) is 9.13 Å². The zero-order chi connectivity index (χ0) is 23.9. The molecule has 1 aliphatic rings. The zero-order valence-electron chi connectivity index (χ0n) is 17.4. The van der Waals surface area contributed by atoms with E-state index in [0.29, 0.717) is 5.56 Å². The molecule has 12 heteroatoms. The van der Waals surface area contributed by atoms with Gasteiger partial charge in [0.25, 0.3) is 21.8 Å². The van der Waals surface area contributed by atoms with Crippen LogP contribution in [0.3, 0.4) is 0 Å². The number of carboxylic acid groups (broad SMARTS) is 1. The fourth-order valence-corrected chi connectivity index (χ4v) is 4.54. The first-order chi connectivity index (χ1) is 15.6. The van der Waals surface area contributed by atoms with E-state index in [2.05, 4.69) is 4.72 Å². The number of rotatable bonds is 8. The van der Waals surface area contributed by atoms with Gasteiger partial charge in [-0.25, -0.2) is 22.6 Å². The molecule has 0 aliphatic heterocycles. The van der Waals surface area contributed by atoms with Gasteiger partial charge in [0.05, 0.1) is 16.3 Å². The summed E-state index contributed by atoms with van der Waals surface area (Å²) in [5.41, 5.74) is 0.101. The topological polar surface area (TPSA) is 160 Å². The summed E-state index contributed by atoms with van der Waals surface area (Å²) >= 11 is 0. The van der Waals surface area contributed by atoms with Gasteiger partial charge in [-0.15, -0.1) is 0 Å². The molecule has 4 rings (SSSR count). The van der Waals surface area contributed by atoms with Crippen LogP contribution < -0.4 is 15.1 Å². The Morgan fingerprint density at radius 3 is 2.52 bits per heavy atom. The van der Waals surface area contributed by atoms with Crippen LogP contribution in [0, 0.1) is 6.92 Å². The molecule has 174 valence electrons. The number of aryl methyl sites for hydroxylation is 1. The number of ether oxygens (including phenoxy) is 1. The zero-order valence-corrected chi connectivity index (χ0v) is 18.2. The maximum absolute atomic E-state index is 12.9. The van der Waals surface area contributed by atoms with Gasteiger partial charge in [-0.2, -0.15) is 0 Å². The molecule has 0 amide bonds. The minimum Gasteiger partial charge on any atom is -0.491 e. The summed E-state index contributed by atoms with van der Waals surface area (Å²) in [4.78, 5) is 23.3. The molecule has 1 fully saturated rings. The molecule has 1 aromatic heterocycles. The number of carboxylic acids is 1. The Morgan fingerprint density at radius 1 is 1.15 bits per heavy atom. The van der Waals surface area contributed by atoms with Crippen LogP contribution >= 0.6 is 0 Å². The Labute approximate surface area is 188 Å². The number of sulfonamides is 1. The van der Waals surface area contributed by atoms with Gasteiger partial charge in [-0.1, -0.05) is 6.07 Å². The number of hydrogen-bond acceptors (Lipinski definition) is 7. The van der Waals surface area contributed by atoms with Gasteiger partial charge in [-0.05, 0) is 61.7 Å². The molecule has 0 atom stereocenters. The first-order valence-electron chi connectivity index (χ1n) is 9.92. The standard InChI is InChI=1S/C21H21N3O8S/c1-12-9-16(7-8-17(12)32-11-18(25)26)33(30,31)22-13-3-2-4-15(10-13)24-20(28)19(27)23(21(24)29)14-5-6-14/h2-4,7-10,14,22,27-28H,5-6,11H2,1H3,(H,25,26). The number of anilines is 1. The Hall–Kier alpha value is -3.93. The largest absolute Gasteiger partial charge is 0.491 e. The predicted octanol–water partition coefficient (Wildman–Crippen LogP) is 1.96. The normalized spacial score (nSPS) is 13.6. The highest BCUT2D eigenvalue weighted by Crippen LogP contribution is 2.40. The summed E-state index contributed by atoms with van der Waals surface area (Å²) < 4.78 is 35.3. The molecule has 11 nitrogen and oxygen atoms in total. The maximum Gasteiger partial charge on any atom is 0.341 e. The van der Waals surface area contributed by atoms with Gasteiger partial charge >= 0.3 is 11.7 Å². The van der Waals surface area contributed by atoms with Crippen molar-refractivity contribution in [3.8, 4) is 23.2 Å². The van der Waals surface area contributed by atoms with Crippen molar-refractivity contribution in [2.75, 3.05) is 11.3 Å². The predicted molar refractivity (Wildman–Crippen MR) is 117 cm³/mol. The van der Waals surface area contributed by atoms with E-state index in [1.54, 1.807) is 6.92 Å². The number of nitrogens with zero attached hydrogens (tertiary/aromatic N) is 2. The second kappa shape index (κ2) is 8.20. The SMILES string of the molecule is Cc1cc(S(=O)(=O)Nc2cccc(-n3c(O)c(O)n(C4CC4)c3=O)c2)ccc1OCC(=O)O. The highest BCUT2D eigenvalue weighted by Gasteiger charge is 2.32. The van der Waals surface area contributed by atoms with E-state index >= 15 is 0 Å². The molecule has 3 aromatic rings. The molecular weight excluding hydrogens is 454 g/mol. The molecule has 0 radical (unpaired) electrons. The summed E-state index contributed by atoms with van der Waals surface area (Å²) in [7, 11) is -4.04. The number of aliphatic carboxylic acids is 1. The number of carbonyl (C=O) groups is 1. The molecule has 1 aliphatic carbocycles. The monoisotopic (exact) mass is 475 g/mol. The second-order valence-electron chi connectivity index (χ2n) is 7.63. The number of aromatic nitrogens is 2. The Balaban J connectivity index is 1.61. The minimum absolute atomic E-state index is 0.0781. The molecule has 2 aromatic carbocycles. The third-order valence-electron chi connectivity index (χ3n) is 5.11. The summed E-state index contributed by atoms with van der Waals surface area (Å²) in [6, 6.07) is 9.63. The lowest BCUT2D eigenvalue weighted by Gasteiger charge is -2.12. The fraction of sp³-hybridized carbons (Fsp3) is 0.238. The van der Waals surface area contributed by atoms with E-state index in [0.717, 1.165) is 22.0 Å². The molecule has 0 unspecified atom stereocenters. The van der Waals surface area contributed by atoms with Crippen molar-refractivity contribution in [3.63, 3.8) is 0 Å². The van der Waals surface area contributed by atoms with E-state index in [1.165, 1.54) is 42.5 Å². The molecule has 0 saturated heterocycles. The summed E-state index contributed by atoms with van der Waals surface area (Å²) in [5, 5.41) is 29.1.